The molecule has 112 valence electrons. The highest BCUT2D eigenvalue weighted by molar-refractivity contribution is 5.55. The Bertz CT molecular complexity index is 559. The maximum atomic E-state index is 5.55. The minimum absolute atomic E-state index is 0.558. The summed E-state index contributed by atoms with van der Waals surface area (Å²) in [5, 5.41) is 7.43. The Morgan fingerprint density at radius 1 is 1.14 bits per heavy atom. The Kier molecular flexibility index (Phi) is 4.50. The average Bonchev–Trinajstić information content (AvgIpc) is 3.19. The van der Waals surface area contributed by atoms with Crippen LogP contribution in [0.2, 0.25) is 0 Å². The van der Waals surface area contributed by atoms with Crippen molar-refractivity contribution in [2.24, 2.45) is 0 Å². The summed E-state index contributed by atoms with van der Waals surface area (Å²) in [6.45, 7) is 1.15. The van der Waals surface area contributed by atoms with Gasteiger partial charge in [0.05, 0.1) is 6.61 Å². The third kappa shape index (κ3) is 3.42. The molecular formula is C16H21N3O2. The van der Waals surface area contributed by atoms with Crippen molar-refractivity contribution in [2.75, 3.05) is 20.3 Å². The summed E-state index contributed by atoms with van der Waals surface area (Å²) in [6, 6.07) is 7.86. The van der Waals surface area contributed by atoms with Gasteiger partial charge in [0.25, 0.3) is 0 Å². The Morgan fingerprint density at radius 2 is 1.90 bits per heavy atom. The molecule has 1 N–H and O–H groups in total. The molecule has 5 nitrogen and oxygen atoms in total. The highest BCUT2D eigenvalue weighted by Crippen LogP contribution is 2.32. The van der Waals surface area contributed by atoms with Crippen LogP contribution in [-0.4, -0.2) is 35.5 Å². The minimum atomic E-state index is 0.558. The van der Waals surface area contributed by atoms with Gasteiger partial charge in [-0.2, -0.15) is 5.10 Å². The Hall–Kier alpha value is -1.88. The number of hydrogen-bond donors (Lipinski definition) is 1. The van der Waals surface area contributed by atoms with Gasteiger partial charge >= 0.3 is 0 Å². The lowest BCUT2D eigenvalue weighted by atomic mass is 10.1. The molecule has 1 aromatic carbocycles. The second-order valence-electron chi connectivity index (χ2n) is 5.39. The molecule has 5 heteroatoms. The first-order valence-corrected chi connectivity index (χ1v) is 7.51. The molecule has 0 spiro atoms. The van der Waals surface area contributed by atoms with Crippen molar-refractivity contribution >= 4 is 0 Å². The van der Waals surface area contributed by atoms with Gasteiger partial charge in [-0.05, 0) is 37.1 Å². The fourth-order valence-corrected chi connectivity index (χ4v) is 2.73. The third-order valence-corrected chi connectivity index (χ3v) is 3.91. The van der Waals surface area contributed by atoms with Crippen LogP contribution in [0, 0.1) is 0 Å². The van der Waals surface area contributed by atoms with Gasteiger partial charge in [0, 0.05) is 18.6 Å². The van der Waals surface area contributed by atoms with Crippen LogP contribution in [0.5, 0.6) is 5.75 Å². The predicted molar refractivity (Wildman–Crippen MR) is 80.4 cm³/mol. The van der Waals surface area contributed by atoms with E-state index in [1.54, 1.807) is 7.11 Å². The van der Waals surface area contributed by atoms with Gasteiger partial charge < -0.3 is 9.47 Å². The molecule has 0 unspecified atom stereocenters. The summed E-state index contributed by atoms with van der Waals surface area (Å²) < 4.78 is 10.5. The number of nitrogens with one attached hydrogen (secondary N) is 1. The average molecular weight is 287 g/mol. The van der Waals surface area contributed by atoms with Crippen molar-refractivity contribution in [1.29, 1.82) is 0 Å². The monoisotopic (exact) mass is 287 g/mol. The fraction of sp³-hybridized carbons (Fsp3) is 0.500. The number of ether oxygens (including phenoxy) is 2. The largest absolute Gasteiger partial charge is 0.491 e. The summed E-state index contributed by atoms with van der Waals surface area (Å²) in [4.78, 5) is 4.64. The SMILES string of the molecule is COCCOc1ccc(-c2n[nH]c(C3CCCC3)n2)cc1. The Morgan fingerprint density at radius 3 is 2.62 bits per heavy atom. The number of rotatable bonds is 6. The second-order valence-corrected chi connectivity index (χ2v) is 5.39. The number of methoxy groups -OCH3 is 1. The highest BCUT2D eigenvalue weighted by atomic mass is 16.5. The van der Waals surface area contributed by atoms with Crippen molar-refractivity contribution in [1.82, 2.24) is 15.2 Å². The van der Waals surface area contributed by atoms with Crippen LogP contribution in [0.1, 0.15) is 37.4 Å². The molecule has 0 radical (unpaired) electrons. The molecule has 3 rings (SSSR count). The lowest BCUT2D eigenvalue weighted by Gasteiger charge is -2.05. The van der Waals surface area contributed by atoms with Crippen molar-refractivity contribution in [2.45, 2.75) is 31.6 Å². The van der Waals surface area contributed by atoms with Crippen LogP contribution in [0.4, 0.5) is 0 Å². The van der Waals surface area contributed by atoms with Crippen LogP contribution in [-0.2, 0) is 4.74 Å². The van der Waals surface area contributed by atoms with Crippen molar-refractivity contribution in [3.05, 3.63) is 30.1 Å². The number of H-pyrrole nitrogens is 1. The first kappa shape index (κ1) is 14.1. The lowest BCUT2D eigenvalue weighted by Crippen LogP contribution is -2.03. The molecule has 1 heterocycles. The maximum absolute atomic E-state index is 5.55. The van der Waals surface area contributed by atoms with Crippen molar-refractivity contribution in [3.8, 4) is 17.1 Å². The van der Waals surface area contributed by atoms with E-state index in [9.17, 15) is 0 Å². The number of nitrogens with zero attached hydrogens (tertiary/aromatic N) is 2. The van der Waals surface area contributed by atoms with Gasteiger partial charge in [-0.15, -0.1) is 0 Å². The molecule has 0 amide bonds. The van der Waals surface area contributed by atoms with E-state index in [0.29, 0.717) is 19.1 Å². The van der Waals surface area contributed by atoms with Gasteiger partial charge in [0.2, 0.25) is 0 Å². The molecule has 1 aliphatic carbocycles. The highest BCUT2D eigenvalue weighted by Gasteiger charge is 2.20. The first-order valence-electron chi connectivity index (χ1n) is 7.51. The van der Waals surface area contributed by atoms with Crippen LogP contribution in [0.15, 0.2) is 24.3 Å². The third-order valence-electron chi connectivity index (χ3n) is 3.91. The fourth-order valence-electron chi connectivity index (χ4n) is 2.73. The van der Waals surface area contributed by atoms with E-state index in [2.05, 4.69) is 15.2 Å². The first-order chi connectivity index (χ1) is 10.4. The zero-order valence-corrected chi connectivity index (χ0v) is 12.3. The molecule has 21 heavy (non-hydrogen) atoms. The summed E-state index contributed by atoms with van der Waals surface area (Å²) in [6.07, 6.45) is 5.05. The predicted octanol–water partition coefficient (Wildman–Crippen LogP) is 3.15. The lowest BCUT2D eigenvalue weighted by molar-refractivity contribution is 0.146. The standard InChI is InChI=1S/C16H21N3O2/c1-20-10-11-21-14-8-6-13(7-9-14)16-17-15(18-19-16)12-4-2-3-5-12/h6-9,12H,2-5,10-11H2,1H3,(H,17,18,19). The zero-order chi connectivity index (χ0) is 14.5. The van der Waals surface area contributed by atoms with Crippen LogP contribution < -0.4 is 4.74 Å². The molecule has 2 aromatic rings. The molecule has 1 aromatic heterocycles. The smallest absolute Gasteiger partial charge is 0.181 e. The van der Waals surface area contributed by atoms with E-state index in [1.165, 1.54) is 25.7 Å². The van der Waals surface area contributed by atoms with E-state index in [4.69, 9.17) is 9.47 Å². The molecule has 1 saturated carbocycles. The van der Waals surface area contributed by atoms with Gasteiger partial charge in [-0.3, -0.25) is 5.10 Å². The quantitative estimate of drug-likeness (QED) is 0.829. The van der Waals surface area contributed by atoms with Crippen LogP contribution >= 0.6 is 0 Å². The minimum Gasteiger partial charge on any atom is -0.491 e. The van der Waals surface area contributed by atoms with E-state index >= 15 is 0 Å². The van der Waals surface area contributed by atoms with Gasteiger partial charge in [-0.25, -0.2) is 4.98 Å². The van der Waals surface area contributed by atoms with E-state index in [-0.39, 0.29) is 0 Å². The molecular weight excluding hydrogens is 266 g/mol. The topological polar surface area (TPSA) is 60.0 Å². The molecule has 0 bridgehead atoms. The summed E-state index contributed by atoms with van der Waals surface area (Å²) >= 11 is 0. The Balaban J connectivity index is 1.66. The van der Waals surface area contributed by atoms with Gasteiger partial charge in [-0.1, -0.05) is 12.8 Å². The van der Waals surface area contributed by atoms with E-state index < -0.39 is 0 Å². The number of hydrogen-bond acceptors (Lipinski definition) is 4. The normalized spacial score (nSPS) is 15.5. The van der Waals surface area contributed by atoms with Crippen molar-refractivity contribution < 1.29 is 9.47 Å². The molecule has 0 atom stereocenters. The molecule has 1 fully saturated rings. The van der Waals surface area contributed by atoms with Gasteiger partial charge in [0.1, 0.15) is 18.2 Å². The van der Waals surface area contributed by atoms with Crippen LogP contribution in [0.25, 0.3) is 11.4 Å². The summed E-state index contributed by atoms with van der Waals surface area (Å²) in [5.74, 6) is 3.19. The summed E-state index contributed by atoms with van der Waals surface area (Å²) in [7, 11) is 1.66. The van der Waals surface area contributed by atoms with E-state index in [1.807, 2.05) is 24.3 Å². The van der Waals surface area contributed by atoms with Crippen LogP contribution in [0.3, 0.4) is 0 Å². The number of aromatic amines is 1. The number of benzene rings is 1. The Labute approximate surface area is 124 Å². The zero-order valence-electron chi connectivity index (χ0n) is 12.3. The molecule has 0 saturated heterocycles. The van der Waals surface area contributed by atoms with Crippen molar-refractivity contribution in [3.63, 3.8) is 0 Å². The summed E-state index contributed by atoms with van der Waals surface area (Å²) in [5.41, 5.74) is 1.01. The maximum Gasteiger partial charge on any atom is 0.181 e. The second kappa shape index (κ2) is 6.72. The number of aromatic nitrogens is 3. The van der Waals surface area contributed by atoms with E-state index in [0.717, 1.165) is 23.0 Å². The molecule has 1 aliphatic rings. The molecule has 0 aliphatic heterocycles. The van der Waals surface area contributed by atoms with Gasteiger partial charge in [0.15, 0.2) is 5.82 Å².